The molecule has 0 amide bonds. The van der Waals surface area contributed by atoms with Crippen LogP contribution < -0.4 is 0 Å². The van der Waals surface area contributed by atoms with Crippen molar-refractivity contribution in [3.8, 4) is 0 Å². The molecule has 4 nitrogen and oxygen atoms in total. The van der Waals surface area contributed by atoms with Crippen LogP contribution in [0.25, 0.3) is 0 Å². The number of methoxy groups -OCH3 is 1. The molecule has 0 aliphatic heterocycles. The minimum atomic E-state index is -0.359. The number of rotatable bonds is 4. The summed E-state index contributed by atoms with van der Waals surface area (Å²) in [5.41, 5.74) is 0.433. The molecule has 0 heterocycles. The van der Waals surface area contributed by atoms with Gasteiger partial charge in [-0.3, -0.25) is 0 Å². The summed E-state index contributed by atoms with van der Waals surface area (Å²) in [5.74, 6) is -0.706. The molecule has 0 rings (SSSR count). The van der Waals surface area contributed by atoms with Crippen molar-refractivity contribution in [2.24, 2.45) is 0 Å². The summed E-state index contributed by atoms with van der Waals surface area (Å²) >= 11 is 0. The number of hydrogen-bond acceptors (Lipinski definition) is 4. The third-order valence-electron chi connectivity index (χ3n) is 1.15. The Bertz CT molecular complexity index is 282. The Balaban J connectivity index is -0.000000196. The fourth-order valence-electron chi connectivity index (χ4n) is 0.375. The fourth-order valence-corrected chi connectivity index (χ4v) is 0.375. The largest absolute Gasteiger partial charge is 0.466 e. The molecule has 0 aromatic rings. The van der Waals surface area contributed by atoms with Gasteiger partial charge in [0.2, 0.25) is 0 Å². The summed E-state index contributed by atoms with van der Waals surface area (Å²) in [6.45, 7) is 17.1. The van der Waals surface area contributed by atoms with Gasteiger partial charge in [0.05, 0.1) is 13.7 Å². The maximum atomic E-state index is 10.2. The monoisotopic (exact) mass is 254 g/mol. The number of carbonyl (C=O) groups is 2. The van der Waals surface area contributed by atoms with Gasteiger partial charge in [0.25, 0.3) is 0 Å². The summed E-state index contributed by atoms with van der Waals surface area (Å²) in [7, 11) is 1.33. The van der Waals surface area contributed by atoms with Crippen LogP contribution in [0.3, 0.4) is 0 Å². The Kier molecular flexibility index (Phi) is 20.4. The first kappa shape index (κ1) is 21.2. The van der Waals surface area contributed by atoms with Gasteiger partial charge in [-0.2, -0.15) is 0 Å². The van der Waals surface area contributed by atoms with E-state index < -0.39 is 0 Å². The number of esters is 2. The van der Waals surface area contributed by atoms with Crippen LogP contribution in [0.5, 0.6) is 0 Å². The first-order valence-electron chi connectivity index (χ1n) is 5.17. The van der Waals surface area contributed by atoms with Crippen molar-refractivity contribution in [2.45, 2.75) is 13.8 Å². The van der Waals surface area contributed by atoms with Crippen LogP contribution in [-0.2, 0) is 19.1 Å². The average molecular weight is 254 g/mol. The Morgan fingerprint density at radius 3 is 1.67 bits per heavy atom. The molecule has 0 N–H and O–H groups in total. The molecule has 0 aliphatic rings. The summed E-state index contributed by atoms with van der Waals surface area (Å²) in [6.07, 6.45) is 4.42. The van der Waals surface area contributed by atoms with Crippen LogP contribution in [0.4, 0.5) is 0 Å². The van der Waals surface area contributed by atoms with E-state index in [-0.39, 0.29) is 11.9 Å². The van der Waals surface area contributed by atoms with Crippen LogP contribution in [0.15, 0.2) is 50.1 Å². The molecule has 0 radical (unpaired) electrons. The second-order valence-electron chi connectivity index (χ2n) is 2.70. The first-order valence-corrected chi connectivity index (χ1v) is 5.17. The van der Waals surface area contributed by atoms with Gasteiger partial charge < -0.3 is 9.47 Å². The zero-order valence-corrected chi connectivity index (χ0v) is 11.4. The standard InChI is InChI=1S/2C5H8O2.C4H6/c1-4(2)5(6)7-3;1-3-5(6)7-4-2;1-3-4-2/h1H2,2-3H3;3H,1,4H2,2H3;3-4H,1-2H2. The molecule has 102 valence electrons. The molecule has 0 fully saturated rings. The summed E-state index contributed by atoms with van der Waals surface area (Å²) in [6, 6.07) is 0. The van der Waals surface area contributed by atoms with Crippen LogP contribution >= 0.6 is 0 Å². The van der Waals surface area contributed by atoms with Crippen LogP contribution in [0, 0.1) is 0 Å². The van der Waals surface area contributed by atoms with E-state index in [1.54, 1.807) is 26.0 Å². The Morgan fingerprint density at radius 1 is 1.17 bits per heavy atom. The predicted octanol–water partition coefficient (Wildman–Crippen LogP) is 2.83. The lowest BCUT2D eigenvalue weighted by molar-refractivity contribution is -0.137. The smallest absolute Gasteiger partial charge is 0.332 e. The van der Waals surface area contributed by atoms with Crippen LogP contribution in [0.1, 0.15) is 13.8 Å². The molecule has 0 aromatic carbocycles. The number of hydrogen-bond donors (Lipinski definition) is 0. The maximum Gasteiger partial charge on any atom is 0.332 e. The van der Waals surface area contributed by atoms with E-state index in [4.69, 9.17) is 0 Å². The van der Waals surface area contributed by atoms with Gasteiger partial charge >= 0.3 is 11.9 Å². The third-order valence-corrected chi connectivity index (χ3v) is 1.15. The van der Waals surface area contributed by atoms with Gasteiger partial charge in [-0.15, -0.1) is 0 Å². The molecule has 0 saturated heterocycles. The number of allylic oxidation sites excluding steroid dienone is 2. The molecule has 0 atom stereocenters. The molecule has 0 unspecified atom stereocenters. The fraction of sp³-hybridized carbons (Fsp3) is 0.286. The van der Waals surface area contributed by atoms with E-state index >= 15 is 0 Å². The molecule has 0 spiro atoms. The highest BCUT2D eigenvalue weighted by molar-refractivity contribution is 5.86. The number of ether oxygens (including phenoxy) is 2. The summed E-state index contributed by atoms with van der Waals surface area (Å²) < 4.78 is 8.71. The van der Waals surface area contributed by atoms with E-state index in [9.17, 15) is 9.59 Å². The van der Waals surface area contributed by atoms with E-state index in [1.807, 2.05) is 0 Å². The highest BCUT2D eigenvalue weighted by Crippen LogP contribution is 1.87. The number of carbonyl (C=O) groups excluding carboxylic acids is 2. The van der Waals surface area contributed by atoms with Gasteiger partial charge in [-0.25, -0.2) is 9.59 Å². The lowest BCUT2D eigenvalue weighted by atomic mass is 10.4. The SMILES string of the molecule is C=C(C)C(=O)OC.C=CC(=O)OCC.C=CC=C. The van der Waals surface area contributed by atoms with Crippen LogP contribution in [0.2, 0.25) is 0 Å². The highest BCUT2D eigenvalue weighted by atomic mass is 16.5. The second kappa shape index (κ2) is 17.3. The quantitative estimate of drug-likeness (QED) is 0.440. The van der Waals surface area contributed by atoms with E-state index in [0.717, 1.165) is 6.08 Å². The van der Waals surface area contributed by atoms with Crippen molar-refractivity contribution in [3.05, 3.63) is 50.1 Å². The molecule has 18 heavy (non-hydrogen) atoms. The minimum Gasteiger partial charge on any atom is -0.466 e. The van der Waals surface area contributed by atoms with E-state index in [2.05, 4.69) is 35.8 Å². The van der Waals surface area contributed by atoms with Crippen molar-refractivity contribution < 1.29 is 19.1 Å². The summed E-state index contributed by atoms with van der Waals surface area (Å²) in [4.78, 5) is 20.3. The normalized spacial score (nSPS) is 7.06. The van der Waals surface area contributed by atoms with Crippen molar-refractivity contribution in [1.29, 1.82) is 0 Å². The van der Waals surface area contributed by atoms with Crippen molar-refractivity contribution >= 4 is 11.9 Å². The average Bonchev–Trinajstić information content (AvgIpc) is 2.38. The van der Waals surface area contributed by atoms with Crippen molar-refractivity contribution in [1.82, 2.24) is 0 Å². The first-order chi connectivity index (χ1) is 8.40. The Morgan fingerprint density at radius 2 is 1.61 bits per heavy atom. The molecule has 4 heteroatoms. The second-order valence-corrected chi connectivity index (χ2v) is 2.70. The zero-order valence-electron chi connectivity index (χ0n) is 11.4. The van der Waals surface area contributed by atoms with Gasteiger partial charge in [0.15, 0.2) is 0 Å². The van der Waals surface area contributed by atoms with Gasteiger partial charge in [0, 0.05) is 11.6 Å². The molecule has 0 aromatic heterocycles. The molecule has 0 bridgehead atoms. The highest BCUT2D eigenvalue weighted by Gasteiger charge is 1.95. The Hall–Kier alpha value is -2.10. The molecule has 0 saturated carbocycles. The lowest BCUT2D eigenvalue weighted by Crippen LogP contribution is -1.98. The van der Waals surface area contributed by atoms with Crippen molar-refractivity contribution in [3.63, 3.8) is 0 Å². The Labute approximate surface area is 109 Å². The lowest BCUT2D eigenvalue weighted by Gasteiger charge is -1.91. The summed E-state index contributed by atoms with van der Waals surface area (Å²) in [5, 5.41) is 0. The van der Waals surface area contributed by atoms with Gasteiger partial charge in [-0.1, -0.05) is 38.5 Å². The third kappa shape index (κ3) is 23.6. The molecular weight excluding hydrogens is 232 g/mol. The van der Waals surface area contributed by atoms with E-state index in [0.29, 0.717) is 12.2 Å². The predicted molar refractivity (Wildman–Crippen MR) is 74.1 cm³/mol. The molecular formula is C14H22O4. The van der Waals surface area contributed by atoms with Crippen molar-refractivity contribution in [2.75, 3.05) is 13.7 Å². The van der Waals surface area contributed by atoms with Crippen LogP contribution in [-0.4, -0.2) is 25.7 Å². The van der Waals surface area contributed by atoms with E-state index in [1.165, 1.54) is 7.11 Å². The van der Waals surface area contributed by atoms with Gasteiger partial charge in [0.1, 0.15) is 0 Å². The topological polar surface area (TPSA) is 52.6 Å². The molecule has 0 aliphatic carbocycles. The zero-order chi connectivity index (χ0) is 15.0. The maximum absolute atomic E-state index is 10.2. The minimum absolute atomic E-state index is 0.347. The van der Waals surface area contributed by atoms with Gasteiger partial charge in [-0.05, 0) is 13.8 Å².